The molecule has 4 fully saturated rings. The van der Waals surface area contributed by atoms with E-state index in [1.807, 2.05) is 30.1 Å². The van der Waals surface area contributed by atoms with Crippen LogP contribution in [0.5, 0.6) is 0 Å². The van der Waals surface area contributed by atoms with Gasteiger partial charge in [0.2, 0.25) is 5.91 Å². The molecule has 5 rings (SSSR count). The molecule has 1 aromatic rings. The van der Waals surface area contributed by atoms with Gasteiger partial charge in [0.25, 0.3) is 0 Å². The van der Waals surface area contributed by atoms with E-state index in [1.54, 1.807) is 0 Å². The molecule has 3 nitrogen and oxygen atoms in total. The van der Waals surface area contributed by atoms with Crippen LogP contribution in [0.2, 0.25) is 0 Å². The number of amides is 1. The molecule has 0 unspecified atom stereocenters. The predicted octanol–water partition coefficient (Wildman–Crippen LogP) is 3.79. The number of likely N-dealkylation sites (N-methyl/N-ethyl adjacent to an activating group) is 2. The molecule has 4 saturated carbocycles. The Balaban J connectivity index is 1.31. The van der Waals surface area contributed by atoms with Crippen LogP contribution in [0.4, 0.5) is 0 Å². The molecule has 1 aromatic carbocycles. The lowest BCUT2D eigenvalue weighted by Crippen LogP contribution is -2.51. The summed E-state index contributed by atoms with van der Waals surface area (Å²) in [4.78, 5) is 16.8. The summed E-state index contributed by atoms with van der Waals surface area (Å²) in [7, 11) is 4.07. The zero-order valence-electron chi connectivity index (χ0n) is 15.8. The molecular formula is C22H32N2O. The van der Waals surface area contributed by atoms with Crippen LogP contribution in [-0.2, 0) is 11.3 Å². The van der Waals surface area contributed by atoms with Gasteiger partial charge in [0, 0.05) is 20.1 Å². The van der Waals surface area contributed by atoms with E-state index in [9.17, 15) is 4.79 Å². The SMILES string of the molecule is CN(CC(=O)N(C)Cc1ccccc1)CC12CC3CC(CC(C3)C1)C2. The monoisotopic (exact) mass is 340 g/mol. The average Bonchev–Trinajstić information content (AvgIpc) is 2.53. The Morgan fingerprint density at radius 1 is 1.00 bits per heavy atom. The standard InChI is InChI=1S/C22H32N2O/c1-23(15-21(25)24(2)14-17-6-4-3-5-7-17)16-22-11-18-8-19(12-22)10-20(9-18)13-22/h3-7,18-20H,8-16H2,1-2H3. The lowest BCUT2D eigenvalue weighted by atomic mass is 9.49. The zero-order valence-corrected chi connectivity index (χ0v) is 15.8. The topological polar surface area (TPSA) is 23.6 Å². The Bertz CT molecular complexity index is 576. The van der Waals surface area contributed by atoms with Crippen LogP contribution in [-0.4, -0.2) is 42.9 Å². The second-order valence-corrected chi connectivity index (χ2v) is 9.33. The lowest BCUT2D eigenvalue weighted by molar-refractivity contribution is -0.132. The molecular weight excluding hydrogens is 308 g/mol. The molecule has 0 N–H and O–H groups in total. The smallest absolute Gasteiger partial charge is 0.236 e. The van der Waals surface area contributed by atoms with Crippen molar-refractivity contribution in [2.24, 2.45) is 23.2 Å². The van der Waals surface area contributed by atoms with Gasteiger partial charge in [-0.3, -0.25) is 9.69 Å². The van der Waals surface area contributed by atoms with Crippen molar-refractivity contribution in [2.75, 3.05) is 27.2 Å². The summed E-state index contributed by atoms with van der Waals surface area (Å²) < 4.78 is 0. The summed E-state index contributed by atoms with van der Waals surface area (Å²) in [5.41, 5.74) is 1.71. The number of benzene rings is 1. The molecule has 0 aromatic heterocycles. The van der Waals surface area contributed by atoms with E-state index in [0.29, 0.717) is 18.5 Å². The molecule has 0 atom stereocenters. The fourth-order valence-electron chi connectivity index (χ4n) is 6.41. The van der Waals surface area contributed by atoms with Gasteiger partial charge < -0.3 is 4.90 Å². The highest BCUT2D eigenvalue weighted by atomic mass is 16.2. The van der Waals surface area contributed by atoms with E-state index < -0.39 is 0 Å². The van der Waals surface area contributed by atoms with Crippen LogP contribution in [0.1, 0.15) is 44.1 Å². The van der Waals surface area contributed by atoms with Crippen molar-refractivity contribution in [3.05, 3.63) is 35.9 Å². The van der Waals surface area contributed by atoms with E-state index in [2.05, 4.69) is 24.1 Å². The van der Waals surface area contributed by atoms with Gasteiger partial charge in [-0.2, -0.15) is 0 Å². The van der Waals surface area contributed by atoms with Crippen LogP contribution in [0.3, 0.4) is 0 Å². The van der Waals surface area contributed by atoms with Crippen molar-refractivity contribution < 1.29 is 4.79 Å². The van der Waals surface area contributed by atoms with E-state index in [4.69, 9.17) is 0 Å². The fourth-order valence-corrected chi connectivity index (χ4v) is 6.41. The average molecular weight is 341 g/mol. The Kier molecular flexibility index (Phi) is 4.61. The predicted molar refractivity (Wildman–Crippen MR) is 101 cm³/mol. The highest BCUT2D eigenvalue weighted by Crippen LogP contribution is 2.60. The van der Waals surface area contributed by atoms with Gasteiger partial charge in [0.1, 0.15) is 0 Å². The number of hydrogen-bond acceptors (Lipinski definition) is 2. The van der Waals surface area contributed by atoms with E-state index >= 15 is 0 Å². The summed E-state index contributed by atoms with van der Waals surface area (Å²) in [5, 5.41) is 0. The lowest BCUT2D eigenvalue weighted by Gasteiger charge is -2.57. The van der Waals surface area contributed by atoms with Crippen molar-refractivity contribution in [3.8, 4) is 0 Å². The maximum Gasteiger partial charge on any atom is 0.236 e. The fraction of sp³-hybridized carbons (Fsp3) is 0.682. The first-order valence-corrected chi connectivity index (χ1v) is 9.98. The number of rotatable bonds is 6. The Morgan fingerprint density at radius 2 is 1.56 bits per heavy atom. The van der Waals surface area contributed by atoms with Crippen molar-refractivity contribution in [3.63, 3.8) is 0 Å². The van der Waals surface area contributed by atoms with Crippen molar-refractivity contribution in [2.45, 2.75) is 45.1 Å². The molecule has 0 radical (unpaired) electrons. The molecule has 3 heteroatoms. The zero-order chi connectivity index (χ0) is 17.4. The van der Waals surface area contributed by atoms with E-state index in [1.165, 1.54) is 44.1 Å². The van der Waals surface area contributed by atoms with Crippen molar-refractivity contribution in [1.82, 2.24) is 9.80 Å². The third-order valence-electron chi connectivity index (χ3n) is 6.86. The quantitative estimate of drug-likeness (QED) is 0.786. The van der Waals surface area contributed by atoms with Gasteiger partial charge in [-0.25, -0.2) is 0 Å². The van der Waals surface area contributed by atoms with Crippen LogP contribution in [0, 0.1) is 23.2 Å². The van der Waals surface area contributed by atoms with Crippen molar-refractivity contribution >= 4 is 5.91 Å². The first kappa shape index (κ1) is 17.1. The highest BCUT2D eigenvalue weighted by Gasteiger charge is 2.51. The molecule has 25 heavy (non-hydrogen) atoms. The summed E-state index contributed by atoms with van der Waals surface area (Å²) in [6.07, 6.45) is 8.71. The molecule has 4 bridgehead atoms. The summed E-state index contributed by atoms with van der Waals surface area (Å²) in [5.74, 6) is 3.18. The van der Waals surface area contributed by atoms with Crippen LogP contribution in [0.15, 0.2) is 30.3 Å². The second-order valence-electron chi connectivity index (χ2n) is 9.33. The Morgan fingerprint density at radius 3 is 2.12 bits per heavy atom. The molecule has 0 aliphatic heterocycles. The Labute approximate surface area is 152 Å². The number of carbonyl (C=O) groups excluding carboxylic acids is 1. The maximum absolute atomic E-state index is 12.6. The second kappa shape index (κ2) is 6.75. The van der Waals surface area contributed by atoms with Crippen molar-refractivity contribution in [1.29, 1.82) is 0 Å². The van der Waals surface area contributed by atoms with Gasteiger partial charge in [-0.05, 0) is 74.3 Å². The van der Waals surface area contributed by atoms with Crippen LogP contribution in [0.25, 0.3) is 0 Å². The third-order valence-corrected chi connectivity index (χ3v) is 6.86. The van der Waals surface area contributed by atoms with Gasteiger partial charge in [0.05, 0.1) is 6.54 Å². The minimum absolute atomic E-state index is 0.232. The molecule has 1 amide bonds. The van der Waals surface area contributed by atoms with Crippen LogP contribution < -0.4 is 0 Å². The van der Waals surface area contributed by atoms with Gasteiger partial charge in [0.15, 0.2) is 0 Å². The molecule has 0 spiro atoms. The summed E-state index contributed by atoms with van der Waals surface area (Å²) in [6, 6.07) is 10.3. The van der Waals surface area contributed by atoms with Gasteiger partial charge in [-0.1, -0.05) is 30.3 Å². The normalized spacial score (nSPS) is 33.0. The summed E-state index contributed by atoms with van der Waals surface area (Å²) >= 11 is 0. The maximum atomic E-state index is 12.6. The van der Waals surface area contributed by atoms with E-state index in [0.717, 1.165) is 24.3 Å². The van der Waals surface area contributed by atoms with Gasteiger partial charge >= 0.3 is 0 Å². The molecule has 0 saturated heterocycles. The highest BCUT2D eigenvalue weighted by molar-refractivity contribution is 5.77. The number of hydrogen-bond donors (Lipinski definition) is 0. The molecule has 136 valence electrons. The van der Waals surface area contributed by atoms with Crippen LogP contribution >= 0.6 is 0 Å². The minimum atomic E-state index is 0.232. The minimum Gasteiger partial charge on any atom is -0.340 e. The van der Waals surface area contributed by atoms with Gasteiger partial charge in [-0.15, -0.1) is 0 Å². The number of carbonyl (C=O) groups is 1. The molecule has 4 aliphatic carbocycles. The molecule has 4 aliphatic rings. The summed E-state index contributed by atoms with van der Waals surface area (Å²) in [6.45, 7) is 2.36. The number of nitrogens with zero attached hydrogens (tertiary/aromatic N) is 2. The largest absolute Gasteiger partial charge is 0.340 e. The first-order chi connectivity index (χ1) is 12.0. The first-order valence-electron chi connectivity index (χ1n) is 9.98. The molecule has 0 heterocycles. The Hall–Kier alpha value is -1.35. The van der Waals surface area contributed by atoms with E-state index in [-0.39, 0.29) is 5.91 Å². The third kappa shape index (κ3) is 3.76.